The van der Waals surface area contributed by atoms with Crippen molar-refractivity contribution in [2.75, 3.05) is 12.4 Å². The Bertz CT molecular complexity index is 591. The number of halogens is 1. The highest BCUT2D eigenvalue weighted by Gasteiger charge is 2.37. The van der Waals surface area contributed by atoms with Crippen LogP contribution in [0.2, 0.25) is 5.02 Å². The minimum Gasteiger partial charge on any atom is -0.357 e. The average molecular weight is 303 g/mol. The fraction of sp³-hybridized carbons (Fsp3) is 0.375. The van der Waals surface area contributed by atoms with Gasteiger partial charge < -0.3 is 10.6 Å². The molecule has 1 aliphatic rings. The van der Waals surface area contributed by atoms with Gasteiger partial charge in [-0.3, -0.25) is 0 Å². The Labute approximate surface area is 130 Å². The molecule has 2 N–H and O–H groups in total. The summed E-state index contributed by atoms with van der Waals surface area (Å²) < 4.78 is 0. The summed E-state index contributed by atoms with van der Waals surface area (Å²) in [7, 11) is 1.82. The molecule has 0 amide bonds. The molecule has 0 radical (unpaired) electrons. The Morgan fingerprint density at radius 2 is 1.81 bits per heavy atom. The second-order valence-corrected chi connectivity index (χ2v) is 5.90. The Balaban J connectivity index is 1.70. The third-order valence-corrected chi connectivity index (χ3v) is 4.42. The van der Waals surface area contributed by atoms with Crippen LogP contribution in [-0.2, 0) is 12.1 Å². The molecule has 0 atom stereocenters. The standard InChI is InChI=1S/C16H19ClN4/c1-18-15-19-9-12(10-20-15)11-21-16(7-2-8-16)13-3-5-14(17)6-4-13/h3-6,9-10,21H,2,7-8,11H2,1H3,(H,18,19,20). The van der Waals surface area contributed by atoms with Crippen LogP contribution in [0.5, 0.6) is 0 Å². The van der Waals surface area contributed by atoms with E-state index in [4.69, 9.17) is 11.6 Å². The van der Waals surface area contributed by atoms with Crippen LogP contribution in [0.1, 0.15) is 30.4 Å². The van der Waals surface area contributed by atoms with Crippen molar-refractivity contribution in [1.29, 1.82) is 0 Å². The Morgan fingerprint density at radius 3 is 2.33 bits per heavy atom. The van der Waals surface area contributed by atoms with Crippen molar-refractivity contribution in [2.45, 2.75) is 31.3 Å². The number of aromatic nitrogens is 2. The molecule has 0 saturated heterocycles. The number of benzene rings is 1. The van der Waals surface area contributed by atoms with Crippen LogP contribution in [-0.4, -0.2) is 17.0 Å². The lowest BCUT2D eigenvalue weighted by molar-refractivity contribution is 0.183. The van der Waals surface area contributed by atoms with E-state index >= 15 is 0 Å². The third-order valence-electron chi connectivity index (χ3n) is 4.16. The van der Waals surface area contributed by atoms with E-state index in [2.05, 4.69) is 32.7 Å². The van der Waals surface area contributed by atoms with Crippen LogP contribution in [0, 0.1) is 0 Å². The first kappa shape index (κ1) is 14.3. The van der Waals surface area contributed by atoms with Gasteiger partial charge in [0.25, 0.3) is 0 Å². The molecular weight excluding hydrogens is 284 g/mol. The monoisotopic (exact) mass is 302 g/mol. The van der Waals surface area contributed by atoms with Crippen molar-refractivity contribution < 1.29 is 0 Å². The lowest BCUT2D eigenvalue weighted by Gasteiger charge is -2.43. The normalized spacial score (nSPS) is 16.3. The minimum atomic E-state index is 0.0757. The first-order valence-electron chi connectivity index (χ1n) is 7.22. The van der Waals surface area contributed by atoms with Crippen molar-refractivity contribution in [1.82, 2.24) is 15.3 Å². The van der Waals surface area contributed by atoms with Crippen molar-refractivity contribution >= 4 is 17.5 Å². The molecule has 0 spiro atoms. The van der Waals surface area contributed by atoms with Gasteiger partial charge in [-0.15, -0.1) is 0 Å². The molecule has 5 heteroatoms. The zero-order valence-corrected chi connectivity index (χ0v) is 12.8. The topological polar surface area (TPSA) is 49.8 Å². The minimum absolute atomic E-state index is 0.0757. The predicted molar refractivity (Wildman–Crippen MR) is 85.4 cm³/mol. The fourth-order valence-corrected chi connectivity index (χ4v) is 2.84. The van der Waals surface area contributed by atoms with E-state index in [1.165, 1.54) is 12.0 Å². The zero-order valence-electron chi connectivity index (χ0n) is 12.1. The first-order chi connectivity index (χ1) is 10.2. The van der Waals surface area contributed by atoms with Gasteiger partial charge in [0.1, 0.15) is 0 Å². The van der Waals surface area contributed by atoms with Crippen LogP contribution >= 0.6 is 11.6 Å². The quantitative estimate of drug-likeness (QED) is 0.889. The highest BCUT2D eigenvalue weighted by atomic mass is 35.5. The van der Waals surface area contributed by atoms with E-state index in [9.17, 15) is 0 Å². The summed E-state index contributed by atoms with van der Waals surface area (Å²) in [6.07, 6.45) is 7.29. The van der Waals surface area contributed by atoms with Crippen molar-refractivity contribution in [3.8, 4) is 0 Å². The van der Waals surface area contributed by atoms with Crippen molar-refractivity contribution in [3.05, 3.63) is 52.8 Å². The summed E-state index contributed by atoms with van der Waals surface area (Å²) in [6.45, 7) is 0.770. The molecule has 0 unspecified atom stereocenters. The maximum absolute atomic E-state index is 5.98. The lowest BCUT2D eigenvalue weighted by Crippen LogP contribution is -2.47. The van der Waals surface area contributed by atoms with E-state index in [1.54, 1.807) is 0 Å². The van der Waals surface area contributed by atoms with Gasteiger partial charge in [0.15, 0.2) is 0 Å². The van der Waals surface area contributed by atoms with Gasteiger partial charge in [0, 0.05) is 42.1 Å². The van der Waals surface area contributed by atoms with E-state index < -0.39 is 0 Å². The molecule has 4 nitrogen and oxygen atoms in total. The molecule has 1 saturated carbocycles. The highest BCUT2D eigenvalue weighted by Crippen LogP contribution is 2.41. The van der Waals surface area contributed by atoms with Gasteiger partial charge in [-0.1, -0.05) is 23.7 Å². The molecule has 1 heterocycles. The van der Waals surface area contributed by atoms with Crippen LogP contribution in [0.4, 0.5) is 5.95 Å². The SMILES string of the molecule is CNc1ncc(CNC2(c3ccc(Cl)cc3)CCC2)cn1. The summed E-state index contributed by atoms with van der Waals surface area (Å²) in [6, 6.07) is 8.16. The van der Waals surface area contributed by atoms with E-state index in [1.807, 2.05) is 31.6 Å². The van der Waals surface area contributed by atoms with Crippen LogP contribution < -0.4 is 10.6 Å². The van der Waals surface area contributed by atoms with Crippen LogP contribution in [0.15, 0.2) is 36.7 Å². The Kier molecular flexibility index (Phi) is 4.08. The molecule has 1 aromatic heterocycles. The predicted octanol–water partition coefficient (Wildman–Crippen LogP) is 3.34. The van der Waals surface area contributed by atoms with E-state index in [0.717, 1.165) is 30.0 Å². The number of hydrogen-bond donors (Lipinski definition) is 2. The summed E-state index contributed by atoms with van der Waals surface area (Å²) in [5, 5.41) is 7.39. The molecule has 3 rings (SSSR count). The van der Waals surface area contributed by atoms with Gasteiger partial charge >= 0.3 is 0 Å². The number of nitrogens with zero attached hydrogens (tertiary/aromatic N) is 2. The number of hydrogen-bond acceptors (Lipinski definition) is 4. The van der Waals surface area contributed by atoms with Crippen molar-refractivity contribution in [3.63, 3.8) is 0 Å². The molecule has 0 aliphatic heterocycles. The maximum atomic E-state index is 5.98. The Morgan fingerprint density at radius 1 is 1.14 bits per heavy atom. The Hall–Kier alpha value is -1.65. The molecule has 0 bridgehead atoms. The van der Waals surface area contributed by atoms with Gasteiger partial charge in [-0.2, -0.15) is 0 Å². The first-order valence-corrected chi connectivity index (χ1v) is 7.59. The number of anilines is 1. The molecule has 21 heavy (non-hydrogen) atoms. The van der Waals surface area contributed by atoms with Crippen LogP contribution in [0.3, 0.4) is 0 Å². The number of nitrogens with one attached hydrogen (secondary N) is 2. The highest BCUT2D eigenvalue weighted by molar-refractivity contribution is 6.30. The smallest absolute Gasteiger partial charge is 0.222 e. The molecule has 2 aromatic rings. The van der Waals surface area contributed by atoms with E-state index in [-0.39, 0.29) is 5.54 Å². The maximum Gasteiger partial charge on any atom is 0.222 e. The molecule has 110 valence electrons. The van der Waals surface area contributed by atoms with Gasteiger partial charge in [0.05, 0.1) is 0 Å². The average Bonchev–Trinajstić information content (AvgIpc) is 2.48. The summed E-state index contributed by atoms with van der Waals surface area (Å²) in [5.74, 6) is 0.648. The third kappa shape index (κ3) is 3.01. The summed E-state index contributed by atoms with van der Waals surface area (Å²) in [5.41, 5.74) is 2.48. The lowest BCUT2D eigenvalue weighted by atomic mass is 9.72. The molecule has 1 fully saturated rings. The van der Waals surface area contributed by atoms with Gasteiger partial charge in [-0.25, -0.2) is 9.97 Å². The molecular formula is C16H19ClN4. The van der Waals surface area contributed by atoms with E-state index in [0.29, 0.717) is 5.95 Å². The largest absolute Gasteiger partial charge is 0.357 e. The second kappa shape index (κ2) is 6.00. The zero-order chi connectivity index (χ0) is 14.7. The summed E-state index contributed by atoms with van der Waals surface area (Å²) in [4.78, 5) is 8.49. The molecule has 1 aliphatic carbocycles. The number of rotatable bonds is 5. The van der Waals surface area contributed by atoms with Crippen molar-refractivity contribution in [2.24, 2.45) is 0 Å². The van der Waals surface area contributed by atoms with Crippen LogP contribution in [0.25, 0.3) is 0 Å². The second-order valence-electron chi connectivity index (χ2n) is 5.46. The summed E-state index contributed by atoms with van der Waals surface area (Å²) >= 11 is 5.98. The van der Waals surface area contributed by atoms with Gasteiger partial charge in [-0.05, 0) is 37.0 Å². The van der Waals surface area contributed by atoms with Gasteiger partial charge in [0.2, 0.25) is 5.95 Å². The fourth-order valence-electron chi connectivity index (χ4n) is 2.71. The molecule has 1 aromatic carbocycles.